The highest BCUT2D eigenvalue weighted by atomic mass is 35.5. The van der Waals surface area contributed by atoms with Crippen molar-refractivity contribution in [2.45, 2.75) is 38.5 Å². The molecule has 0 atom stereocenters. The van der Waals surface area contributed by atoms with Gasteiger partial charge in [-0.2, -0.15) is 5.10 Å². The Hall–Kier alpha value is -2.77. The van der Waals surface area contributed by atoms with Crippen LogP contribution in [-0.4, -0.2) is 58.2 Å². The topological polar surface area (TPSA) is 51.7 Å². The van der Waals surface area contributed by atoms with E-state index < -0.39 is 0 Å². The summed E-state index contributed by atoms with van der Waals surface area (Å²) >= 11 is 0. The number of rotatable bonds is 10. The van der Waals surface area contributed by atoms with E-state index in [4.69, 9.17) is 14.6 Å². The fraction of sp³-hybridized carbons (Fsp3) is 0.424. The molecule has 0 unspecified atom stereocenters. The van der Waals surface area contributed by atoms with Gasteiger partial charge in [-0.05, 0) is 98.2 Å². The largest absolute Gasteiger partial charge is 1.00 e. The minimum absolute atomic E-state index is 0. The van der Waals surface area contributed by atoms with E-state index in [9.17, 15) is 0 Å². The third-order valence-electron chi connectivity index (χ3n) is 8.42. The average molecular weight is 598 g/mol. The van der Waals surface area contributed by atoms with Crippen LogP contribution in [-0.2, 0) is 0 Å². The highest BCUT2D eigenvalue weighted by molar-refractivity contribution is 6.25. The quantitative estimate of drug-likeness (QED) is 0.177. The number of hydrazone groups is 1. The van der Waals surface area contributed by atoms with Crippen LogP contribution in [0, 0.1) is 0 Å². The molecule has 41 heavy (non-hydrogen) atoms. The van der Waals surface area contributed by atoms with Gasteiger partial charge in [0.1, 0.15) is 37.8 Å². The lowest BCUT2D eigenvalue weighted by molar-refractivity contribution is -0.904. The minimum atomic E-state index is 0. The third kappa shape index (κ3) is 7.95. The SMILES string of the molecule is [Cl-].[Cl-].c1ccc(NN=C2c3cc(OCC[NH+]4CCCCC4)ccc3-c3ccc(OCC[NH+]4CCCCC4)cc32)cc1. The van der Waals surface area contributed by atoms with E-state index in [0.29, 0.717) is 0 Å². The van der Waals surface area contributed by atoms with Gasteiger partial charge < -0.3 is 44.1 Å². The molecule has 220 valence electrons. The van der Waals surface area contributed by atoms with E-state index in [-0.39, 0.29) is 24.8 Å². The second-order valence-electron chi connectivity index (χ2n) is 11.2. The maximum absolute atomic E-state index is 6.26. The minimum Gasteiger partial charge on any atom is -1.00 e. The van der Waals surface area contributed by atoms with Crippen molar-refractivity contribution in [1.82, 2.24) is 0 Å². The van der Waals surface area contributed by atoms with E-state index in [0.717, 1.165) is 60.3 Å². The highest BCUT2D eigenvalue weighted by Crippen LogP contribution is 2.40. The number of likely N-dealkylation sites (tertiary alicyclic amines) is 2. The Balaban J connectivity index is 0.00000194. The van der Waals surface area contributed by atoms with Crippen LogP contribution in [0.4, 0.5) is 5.69 Å². The zero-order valence-electron chi connectivity index (χ0n) is 23.8. The number of nitrogens with zero attached hydrogens (tertiary/aromatic N) is 1. The van der Waals surface area contributed by atoms with Gasteiger partial charge in [0.2, 0.25) is 0 Å². The molecule has 0 amide bonds. The van der Waals surface area contributed by atoms with Crippen molar-refractivity contribution in [2.24, 2.45) is 5.10 Å². The molecular weight excluding hydrogens is 555 g/mol. The summed E-state index contributed by atoms with van der Waals surface area (Å²) in [6.07, 6.45) is 8.11. The van der Waals surface area contributed by atoms with Crippen LogP contribution in [0.2, 0.25) is 0 Å². The van der Waals surface area contributed by atoms with Gasteiger partial charge in [-0.1, -0.05) is 18.2 Å². The Morgan fingerprint density at radius 1 is 0.585 bits per heavy atom. The Bertz CT molecular complexity index is 1200. The number of hydrogen-bond donors (Lipinski definition) is 3. The summed E-state index contributed by atoms with van der Waals surface area (Å²) in [6.45, 7) is 8.70. The smallest absolute Gasteiger partial charge is 0.137 e. The first-order chi connectivity index (χ1) is 19.3. The van der Waals surface area contributed by atoms with Gasteiger partial charge in [0.25, 0.3) is 0 Å². The number of benzene rings is 3. The van der Waals surface area contributed by atoms with Crippen molar-refractivity contribution in [3.05, 3.63) is 77.9 Å². The number of fused-ring (bicyclic) bond motifs is 3. The van der Waals surface area contributed by atoms with Crippen molar-refractivity contribution < 1.29 is 44.1 Å². The Morgan fingerprint density at radius 3 is 1.56 bits per heavy atom. The third-order valence-corrected chi connectivity index (χ3v) is 8.42. The van der Waals surface area contributed by atoms with E-state index in [1.807, 2.05) is 30.3 Å². The number of hydrogen-bond acceptors (Lipinski definition) is 4. The zero-order valence-corrected chi connectivity index (χ0v) is 25.3. The summed E-state index contributed by atoms with van der Waals surface area (Å²) in [6, 6.07) is 23.0. The molecule has 3 N–H and O–H groups in total. The molecule has 8 heteroatoms. The number of ether oxygens (including phenoxy) is 2. The first-order valence-electron chi connectivity index (χ1n) is 14.9. The van der Waals surface area contributed by atoms with Crippen LogP contribution in [0.3, 0.4) is 0 Å². The van der Waals surface area contributed by atoms with Crippen LogP contribution in [0.15, 0.2) is 71.8 Å². The van der Waals surface area contributed by atoms with Crippen LogP contribution in [0.1, 0.15) is 49.7 Å². The molecule has 3 aromatic rings. The van der Waals surface area contributed by atoms with E-state index in [2.05, 4.69) is 41.8 Å². The van der Waals surface area contributed by atoms with Crippen molar-refractivity contribution in [1.29, 1.82) is 0 Å². The van der Waals surface area contributed by atoms with Crippen LogP contribution in [0.25, 0.3) is 11.1 Å². The molecule has 0 radical (unpaired) electrons. The molecule has 3 aromatic carbocycles. The second kappa shape index (κ2) is 15.5. The predicted molar refractivity (Wildman–Crippen MR) is 157 cm³/mol. The molecule has 1 aliphatic carbocycles. The molecular formula is C33H42Cl2N4O2. The lowest BCUT2D eigenvalue weighted by Gasteiger charge is -2.23. The number of para-hydroxylation sites is 1. The van der Waals surface area contributed by atoms with Gasteiger partial charge in [-0.15, -0.1) is 0 Å². The molecule has 0 spiro atoms. The van der Waals surface area contributed by atoms with E-state index in [1.165, 1.54) is 75.8 Å². The Labute approximate surface area is 256 Å². The average Bonchev–Trinajstić information content (AvgIpc) is 3.30. The number of halogens is 2. The lowest BCUT2D eigenvalue weighted by atomic mass is 10.1. The highest BCUT2D eigenvalue weighted by Gasteiger charge is 2.27. The molecule has 0 saturated carbocycles. The fourth-order valence-electron chi connectivity index (χ4n) is 6.22. The molecule has 2 aliphatic heterocycles. The van der Waals surface area contributed by atoms with Crippen molar-refractivity contribution in [3.63, 3.8) is 0 Å². The zero-order chi connectivity index (χ0) is 26.3. The maximum atomic E-state index is 6.26. The van der Waals surface area contributed by atoms with Crippen LogP contribution >= 0.6 is 0 Å². The van der Waals surface area contributed by atoms with Gasteiger partial charge in [-0.25, -0.2) is 0 Å². The van der Waals surface area contributed by atoms with Crippen molar-refractivity contribution >= 4 is 11.4 Å². The Morgan fingerprint density at radius 2 is 1.07 bits per heavy atom. The number of piperidine rings is 2. The monoisotopic (exact) mass is 596 g/mol. The molecule has 2 saturated heterocycles. The van der Waals surface area contributed by atoms with Crippen LogP contribution in [0.5, 0.6) is 11.5 Å². The van der Waals surface area contributed by atoms with Gasteiger partial charge in [0.05, 0.1) is 37.6 Å². The van der Waals surface area contributed by atoms with Crippen LogP contribution < -0.4 is 49.5 Å². The number of anilines is 1. The molecule has 3 aliphatic rings. The molecule has 6 rings (SSSR count). The second-order valence-corrected chi connectivity index (χ2v) is 11.2. The summed E-state index contributed by atoms with van der Waals surface area (Å²) in [5.74, 6) is 1.82. The summed E-state index contributed by atoms with van der Waals surface area (Å²) in [4.78, 5) is 3.33. The summed E-state index contributed by atoms with van der Waals surface area (Å²) in [5.41, 5.74) is 9.77. The van der Waals surface area contributed by atoms with Gasteiger partial charge >= 0.3 is 0 Å². The summed E-state index contributed by atoms with van der Waals surface area (Å²) in [5, 5.41) is 4.91. The molecule has 0 bridgehead atoms. The first-order valence-corrected chi connectivity index (χ1v) is 14.9. The molecule has 6 nitrogen and oxygen atoms in total. The van der Waals surface area contributed by atoms with Crippen molar-refractivity contribution in [2.75, 3.05) is 57.9 Å². The first kappa shape index (κ1) is 31.2. The van der Waals surface area contributed by atoms with E-state index >= 15 is 0 Å². The standard InChI is InChI=1S/C33H40N4O2.2ClH/c1-4-10-26(11-5-1)34-35-33-31-24-27(38-22-20-36-16-6-2-7-17-36)12-14-29(31)30-15-13-28(25-32(30)33)39-23-21-37-18-8-3-9-19-37;;/h1,4-5,10-15,24-25,34H,2-3,6-9,16-23H2;2*1H. The van der Waals surface area contributed by atoms with E-state index in [1.54, 1.807) is 9.80 Å². The lowest BCUT2D eigenvalue weighted by Crippen LogP contribution is -3.13. The van der Waals surface area contributed by atoms with Gasteiger partial charge in [-0.3, -0.25) is 5.43 Å². The van der Waals surface area contributed by atoms with Crippen molar-refractivity contribution in [3.8, 4) is 22.6 Å². The Kier molecular flexibility index (Phi) is 11.8. The molecule has 0 aromatic heterocycles. The van der Waals surface area contributed by atoms with Gasteiger partial charge in [0, 0.05) is 11.1 Å². The number of nitrogens with one attached hydrogen (secondary N) is 3. The summed E-state index contributed by atoms with van der Waals surface area (Å²) in [7, 11) is 0. The predicted octanol–water partition coefficient (Wildman–Crippen LogP) is -2.57. The number of quaternary nitrogens is 2. The summed E-state index contributed by atoms with van der Waals surface area (Å²) < 4.78 is 12.5. The molecule has 2 fully saturated rings. The maximum Gasteiger partial charge on any atom is 0.137 e. The molecule has 2 heterocycles. The van der Waals surface area contributed by atoms with Gasteiger partial charge in [0.15, 0.2) is 0 Å². The fourth-order valence-corrected chi connectivity index (χ4v) is 6.22. The normalized spacial score (nSPS) is 16.5.